The van der Waals surface area contributed by atoms with Crippen LogP contribution in [-0.2, 0) is 10.0 Å². The molecule has 230 valence electrons. The largest absolute Gasteiger partial charge is 0.493 e. The Morgan fingerprint density at radius 2 is 1.55 bits per heavy atom. The normalized spacial score (nSPS) is 13.4. The van der Waals surface area contributed by atoms with E-state index in [1.54, 1.807) is 56.9 Å². The Morgan fingerprint density at radius 1 is 0.909 bits per heavy atom. The second-order valence-corrected chi connectivity index (χ2v) is 12.3. The predicted octanol–water partition coefficient (Wildman–Crippen LogP) is 5.18. The van der Waals surface area contributed by atoms with Gasteiger partial charge >= 0.3 is 0 Å². The fourth-order valence-electron chi connectivity index (χ4n) is 5.15. The van der Waals surface area contributed by atoms with E-state index in [9.17, 15) is 8.42 Å². The van der Waals surface area contributed by atoms with Gasteiger partial charge in [-0.3, -0.25) is 4.72 Å². The third-order valence-corrected chi connectivity index (χ3v) is 9.22. The van der Waals surface area contributed by atoms with Crippen molar-refractivity contribution in [3.05, 3.63) is 72.6 Å². The second-order valence-electron chi connectivity index (χ2n) is 10.2. The first-order valence-corrected chi connectivity index (χ1v) is 15.5. The van der Waals surface area contributed by atoms with Crippen molar-refractivity contribution in [1.29, 1.82) is 0 Å². The number of halogens is 1. The number of aromatic nitrogens is 3. The molecule has 6 rings (SSSR count). The summed E-state index contributed by atoms with van der Waals surface area (Å²) in [5.74, 6) is 2.12. The monoisotopic (exact) mass is 653 g/mol. The number of nitrogens with zero attached hydrogens (tertiary/aromatic N) is 4. The van der Waals surface area contributed by atoms with E-state index in [2.05, 4.69) is 34.8 Å². The summed E-state index contributed by atoms with van der Waals surface area (Å²) >= 11 is 5.70. The van der Waals surface area contributed by atoms with Crippen molar-refractivity contribution in [3.8, 4) is 11.5 Å². The molecule has 0 bridgehead atoms. The number of ether oxygens (including phenoxy) is 2. The Bertz CT molecular complexity index is 1910. The van der Waals surface area contributed by atoms with Gasteiger partial charge in [-0.25, -0.2) is 18.4 Å². The maximum Gasteiger partial charge on any atom is 0.261 e. The van der Waals surface area contributed by atoms with E-state index in [0.29, 0.717) is 54.2 Å². The van der Waals surface area contributed by atoms with Crippen molar-refractivity contribution in [2.24, 2.45) is 0 Å². The summed E-state index contributed by atoms with van der Waals surface area (Å²) in [5.41, 5.74) is 3.92. The zero-order valence-electron chi connectivity index (χ0n) is 24.3. The molecule has 1 fully saturated rings. The van der Waals surface area contributed by atoms with Gasteiger partial charge in [-0.1, -0.05) is 17.7 Å². The van der Waals surface area contributed by atoms with Gasteiger partial charge in [-0.15, -0.1) is 12.4 Å². The summed E-state index contributed by atoms with van der Waals surface area (Å²) in [6, 6.07) is 17.6. The van der Waals surface area contributed by atoms with Crippen LogP contribution in [-0.4, -0.2) is 73.8 Å². The molecule has 1 saturated heterocycles. The van der Waals surface area contributed by atoms with Gasteiger partial charge in [-0.2, -0.15) is 0 Å². The average Bonchev–Trinajstić information content (AvgIpc) is 3.39. The number of benzene rings is 3. The molecule has 0 radical (unpaired) electrons. The molecule has 0 saturated carbocycles. The molecule has 0 aliphatic carbocycles. The van der Waals surface area contributed by atoms with Crippen molar-refractivity contribution in [2.75, 3.05) is 55.3 Å². The minimum Gasteiger partial charge on any atom is -0.493 e. The summed E-state index contributed by atoms with van der Waals surface area (Å²) in [6.45, 7) is 4.73. The molecule has 0 spiro atoms. The maximum absolute atomic E-state index is 12.8. The van der Waals surface area contributed by atoms with E-state index in [1.807, 2.05) is 31.2 Å². The summed E-state index contributed by atoms with van der Waals surface area (Å²) in [6.07, 6.45) is 1.57. The van der Waals surface area contributed by atoms with Crippen LogP contribution < -0.4 is 24.4 Å². The van der Waals surface area contributed by atoms with Crippen LogP contribution >= 0.6 is 24.6 Å². The zero-order chi connectivity index (χ0) is 30.1. The molecule has 5 aromatic rings. The third-order valence-electron chi connectivity index (χ3n) is 7.46. The van der Waals surface area contributed by atoms with E-state index >= 15 is 0 Å². The minimum absolute atomic E-state index is 0. The number of nitrogens with one attached hydrogen (secondary N) is 3. The highest BCUT2D eigenvalue weighted by Gasteiger charge is 2.24. The zero-order valence-corrected chi connectivity index (χ0v) is 26.8. The molecule has 3 N–H and O–H groups in total. The molecule has 1 aliphatic rings. The molecule has 3 heterocycles. The van der Waals surface area contributed by atoms with Crippen LogP contribution in [0.2, 0.25) is 0 Å². The van der Waals surface area contributed by atoms with Crippen LogP contribution in [0.15, 0.2) is 71.9 Å². The highest BCUT2D eigenvalue weighted by atomic mass is 35.5. The molecular formula is C30H32ClN7O4S2. The van der Waals surface area contributed by atoms with Gasteiger partial charge in [0.05, 0.1) is 30.0 Å². The average molecular weight is 654 g/mol. The first-order valence-electron chi connectivity index (χ1n) is 13.6. The number of H-pyrrole nitrogens is 1. The number of hydrogen-bond donors (Lipinski definition) is 3. The summed E-state index contributed by atoms with van der Waals surface area (Å²) in [4.78, 5) is 17.0. The molecular weight excluding hydrogens is 622 g/mol. The number of fused-ring (bicyclic) bond motifs is 3. The Morgan fingerprint density at radius 3 is 2.20 bits per heavy atom. The van der Waals surface area contributed by atoms with Gasteiger partial charge in [0.25, 0.3) is 10.0 Å². The lowest BCUT2D eigenvalue weighted by Crippen LogP contribution is -2.50. The molecule has 11 nitrogen and oxygen atoms in total. The number of thiocarbonyl (C=S) groups is 1. The number of anilines is 3. The summed E-state index contributed by atoms with van der Waals surface area (Å²) < 4.78 is 39.2. The quantitative estimate of drug-likeness (QED) is 0.203. The van der Waals surface area contributed by atoms with Crippen LogP contribution in [0, 0.1) is 6.92 Å². The molecule has 0 atom stereocenters. The lowest BCUT2D eigenvalue weighted by molar-refractivity contribution is 0.356. The standard InChI is InChI=1S/C30H31N7O4S2.ClH/c1-19-4-6-21(7-5-19)35-43(38,39)22-10-8-20(9-11-22)33-30(42)37-14-12-36(13-15-37)29-27-23-16-25(40-2)26(41-3)17-24(23)34-28(27)31-18-32-29;/h4-11,16-18,35H,12-15H2,1-3H3,(H,33,42)(H,31,32,34);1H. The van der Waals surface area contributed by atoms with Crippen molar-refractivity contribution >= 4 is 78.9 Å². The first kappa shape index (κ1) is 31.1. The highest BCUT2D eigenvalue weighted by molar-refractivity contribution is 7.92. The topological polar surface area (TPSA) is 125 Å². The third kappa shape index (κ3) is 6.16. The Kier molecular flexibility index (Phi) is 9.00. The van der Waals surface area contributed by atoms with Crippen LogP contribution in [0.3, 0.4) is 0 Å². The number of rotatable bonds is 7. The number of aromatic amines is 1. The molecule has 14 heteroatoms. The van der Waals surface area contributed by atoms with E-state index in [4.69, 9.17) is 21.7 Å². The Hall–Kier alpha value is -4.33. The molecule has 0 unspecified atom stereocenters. The van der Waals surface area contributed by atoms with Crippen LogP contribution in [0.1, 0.15) is 5.56 Å². The highest BCUT2D eigenvalue weighted by Crippen LogP contribution is 2.38. The van der Waals surface area contributed by atoms with Gasteiger partial charge in [0.1, 0.15) is 17.8 Å². The Balaban J connectivity index is 0.00000384. The van der Waals surface area contributed by atoms with Crippen molar-refractivity contribution in [2.45, 2.75) is 11.8 Å². The van der Waals surface area contributed by atoms with Gasteiger partial charge < -0.3 is 29.6 Å². The molecule has 2 aromatic heterocycles. The van der Waals surface area contributed by atoms with E-state index in [1.165, 1.54) is 0 Å². The van der Waals surface area contributed by atoms with Gasteiger partial charge in [0.15, 0.2) is 16.6 Å². The van der Waals surface area contributed by atoms with Gasteiger partial charge in [0.2, 0.25) is 0 Å². The number of aryl methyl sites for hydroxylation is 1. The van der Waals surface area contributed by atoms with Crippen LogP contribution in [0.4, 0.5) is 17.2 Å². The summed E-state index contributed by atoms with van der Waals surface area (Å²) in [5, 5.41) is 5.71. The van der Waals surface area contributed by atoms with Crippen LogP contribution in [0.25, 0.3) is 21.9 Å². The van der Waals surface area contributed by atoms with Gasteiger partial charge in [0, 0.05) is 49.0 Å². The van der Waals surface area contributed by atoms with E-state index in [0.717, 1.165) is 33.3 Å². The maximum atomic E-state index is 12.8. The summed E-state index contributed by atoms with van der Waals surface area (Å²) in [7, 11) is -0.480. The smallest absolute Gasteiger partial charge is 0.261 e. The predicted molar refractivity (Wildman–Crippen MR) is 180 cm³/mol. The number of piperazine rings is 1. The van der Waals surface area contributed by atoms with Gasteiger partial charge in [-0.05, 0) is 61.6 Å². The first-order chi connectivity index (χ1) is 20.8. The minimum atomic E-state index is -3.71. The fourth-order valence-corrected chi connectivity index (χ4v) is 6.51. The van der Waals surface area contributed by atoms with E-state index < -0.39 is 10.0 Å². The lowest BCUT2D eigenvalue weighted by Gasteiger charge is -2.37. The molecule has 44 heavy (non-hydrogen) atoms. The second kappa shape index (κ2) is 12.7. The SMILES string of the molecule is COc1cc2[nH]c3ncnc(N4CCN(C(=S)Nc5ccc(S(=O)(=O)Nc6ccc(C)cc6)cc5)CC4)c3c2cc1OC.Cl. The van der Waals surface area contributed by atoms with Crippen molar-refractivity contribution < 1.29 is 17.9 Å². The molecule has 3 aromatic carbocycles. The molecule has 0 amide bonds. The van der Waals surface area contributed by atoms with E-state index in [-0.39, 0.29) is 17.3 Å². The number of methoxy groups -OCH3 is 2. The van der Waals surface area contributed by atoms with Crippen LogP contribution in [0.5, 0.6) is 11.5 Å². The van der Waals surface area contributed by atoms with Crippen molar-refractivity contribution in [1.82, 2.24) is 19.9 Å². The fraction of sp³-hybridized carbons (Fsp3) is 0.233. The molecule has 1 aliphatic heterocycles. The Labute approximate surface area is 267 Å². The van der Waals surface area contributed by atoms with Crippen molar-refractivity contribution in [3.63, 3.8) is 0 Å². The number of hydrogen-bond acceptors (Lipinski definition) is 8. The number of sulfonamides is 1. The lowest BCUT2D eigenvalue weighted by atomic mass is 10.1.